The smallest absolute Gasteiger partial charge is 0.193 e. The van der Waals surface area contributed by atoms with Crippen LogP contribution < -0.4 is 5.32 Å². The topological polar surface area (TPSA) is 30.9 Å². The summed E-state index contributed by atoms with van der Waals surface area (Å²) >= 11 is 0. The van der Waals surface area contributed by atoms with Gasteiger partial charge in [0, 0.05) is 33.2 Å². The van der Waals surface area contributed by atoms with E-state index in [0.717, 1.165) is 38.1 Å². The molecular weight excluding hydrogens is 375 g/mol. The predicted octanol–water partition coefficient (Wildman–Crippen LogP) is 2.79. The third-order valence-corrected chi connectivity index (χ3v) is 4.70. The zero-order chi connectivity index (χ0) is 14.2. The maximum absolute atomic E-state index is 4.45. The Hall–Kier alpha value is -0.0400. The Labute approximate surface area is 147 Å². The quantitative estimate of drug-likeness (QED) is 0.443. The maximum atomic E-state index is 4.45. The zero-order valence-electron chi connectivity index (χ0n) is 13.8. The highest BCUT2D eigenvalue weighted by molar-refractivity contribution is 14.0. The Balaban J connectivity index is 0.00000220. The lowest BCUT2D eigenvalue weighted by molar-refractivity contribution is 0.266. The molecule has 2 aliphatic rings. The van der Waals surface area contributed by atoms with E-state index in [0.29, 0.717) is 0 Å². The summed E-state index contributed by atoms with van der Waals surface area (Å²) in [6, 6.07) is 0. The summed E-state index contributed by atoms with van der Waals surface area (Å²) in [6.07, 6.45) is 8.17. The highest BCUT2D eigenvalue weighted by Gasteiger charge is 2.18. The molecule has 0 atom stereocenters. The van der Waals surface area contributed by atoms with Crippen LogP contribution in [-0.2, 0) is 0 Å². The molecule has 21 heavy (non-hydrogen) atoms. The van der Waals surface area contributed by atoms with Crippen molar-refractivity contribution in [2.75, 3.05) is 46.3 Å². The summed E-state index contributed by atoms with van der Waals surface area (Å²) in [6.45, 7) is 9.41. The molecule has 0 radical (unpaired) electrons. The van der Waals surface area contributed by atoms with Gasteiger partial charge < -0.3 is 15.1 Å². The van der Waals surface area contributed by atoms with Gasteiger partial charge in [-0.1, -0.05) is 19.8 Å². The molecule has 2 saturated heterocycles. The van der Waals surface area contributed by atoms with Gasteiger partial charge >= 0.3 is 0 Å². The number of rotatable bonds is 3. The third kappa shape index (κ3) is 6.72. The normalized spacial score (nSPS) is 22.6. The second kappa shape index (κ2) is 10.6. The molecule has 0 saturated carbocycles. The molecule has 0 aromatic carbocycles. The first kappa shape index (κ1) is 19.0. The molecule has 0 amide bonds. The van der Waals surface area contributed by atoms with E-state index in [1.807, 2.05) is 7.05 Å². The Bertz CT molecular complexity index is 293. The number of hydrogen-bond donors (Lipinski definition) is 1. The van der Waals surface area contributed by atoms with Gasteiger partial charge in [0.05, 0.1) is 0 Å². The second-order valence-corrected chi connectivity index (χ2v) is 6.40. The molecule has 0 aromatic rings. The molecule has 1 N–H and O–H groups in total. The number of nitrogens with one attached hydrogen (secondary N) is 1. The lowest BCUT2D eigenvalue weighted by Gasteiger charge is -2.33. The molecule has 4 nitrogen and oxygen atoms in total. The summed E-state index contributed by atoms with van der Waals surface area (Å²) < 4.78 is 0. The van der Waals surface area contributed by atoms with Crippen LogP contribution in [0.25, 0.3) is 0 Å². The van der Waals surface area contributed by atoms with Gasteiger partial charge in [-0.25, -0.2) is 0 Å². The standard InChI is InChI=1S/C16H32N4.HI/c1-15-7-12-20(13-8-15)16(17-2)18-9-14-19-10-5-3-4-6-11-19;/h15H,3-14H2,1-2H3,(H,17,18);1H. The van der Waals surface area contributed by atoms with Crippen LogP contribution in [0, 0.1) is 5.92 Å². The SMILES string of the molecule is CN=C(NCCN1CCCCCC1)N1CCC(C)CC1.I. The Morgan fingerprint density at radius 1 is 1.05 bits per heavy atom. The summed E-state index contributed by atoms with van der Waals surface area (Å²) in [5.41, 5.74) is 0. The monoisotopic (exact) mass is 408 g/mol. The van der Waals surface area contributed by atoms with E-state index in [1.54, 1.807) is 0 Å². The number of guanidine groups is 1. The first-order valence-corrected chi connectivity index (χ1v) is 8.47. The molecule has 0 aliphatic carbocycles. The van der Waals surface area contributed by atoms with Crippen molar-refractivity contribution < 1.29 is 0 Å². The van der Waals surface area contributed by atoms with Gasteiger partial charge in [-0.05, 0) is 44.7 Å². The van der Waals surface area contributed by atoms with Crippen LogP contribution in [0.1, 0.15) is 45.4 Å². The first-order valence-electron chi connectivity index (χ1n) is 8.47. The van der Waals surface area contributed by atoms with Crippen LogP contribution in [0.5, 0.6) is 0 Å². The average Bonchev–Trinajstić information content (AvgIpc) is 2.74. The van der Waals surface area contributed by atoms with Crippen molar-refractivity contribution in [2.45, 2.75) is 45.4 Å². The van der Waals surface area contributed by atoms with E-state index < -0.39 is 0 Å². The van der Waals surface area contributed by atoms with E-state index in [-0.39, 0.29) is 24.0 Å². The molecule has 0 unspecified atom stereocenters. The molecule has 5 heteroatoms. The van der Waals surface area contributed by atoms with Crippen molar-refractivity contribution in [1.82, 2.24) is 15.1 Å². The molecule has 2 aliphatic heterocycles. The first-order chi connectivity index (χ1) is 9.79. The van der Waals surface area contributed by atoms with Crippen LogP contribution in [0.3, 0.4) is 0 Å². The van der Waals surface area contributed by atoms with Crippen molar-refractivity contribution in [1.29, 1.82) is 0 Å². The summed E-state index contributed by atoms with van der Waals surface area (Å²) in [5.74, 6) is 1.98. The van der Waals surface area contributed by atoms with Gasteiger partial charge in [0.1, 0.15) is 0 Å². The van der Waals surface area contributed by atoms with E-state index >= 15 is 0 Å². The fourth-order valence-electron chi connectivity index (χ4n) is 3.24. The van der Waals surface area contributed by atoms with Crippen LogP contribution >= 0.6 is 24.0 Å². The molecule has 0 bridgehead atoms. The number of nitrogens with zero attached hydrogens (tertiary/aromatic N) is 3. The lowest BCUT2D eigenvalue weighted by atomic mass is 10.00. The molecule has 0 spiro atoms. The zero-order valence-corrected chi connectivity index (χ0v) is 16.1. The predicted molar refractivity (Wildman–Crippen MR) is 102 cm³/mol. The second-order valence-electron chi connectivity index (χ2n) is 6.40. The minimum absolute atomic E-state index is 0. The fraction of sp³-hybridized carbons (Fsp3) is 0.938. The molecular formula is C16H33IN4. The number of halogens is 1. The van der Waals surface area contributed by atoms with Crippen LogP contribution in [0.4, 0.5) is 0 Å². The van der Waals surface area contributed by atoms with Gasteiger partial charge in [0.25, 0.3) is 0 Å². The van der Waals surface area contributed by atoms with E-state index in [2.05, 4.69) is 27.0 Å². The van der Waals surface area contributed by atoms with Gasteiger partial charge in [-0.15, -0.1) is 24.0 Å². The lowest BCUT2D eigenvalue weighted by Crippen LogP contribution is -2.47. The van der Waals surface area contributed by atoms with E-state index in [9.17, 15) is 0 Å². The summed E-state index contributed by atoms with van der Waals surface area (Å²) in [5, 5.41) is 3.56. The van der Waals surface area contributed by atoms with Gasteiger partial charge in [-0.2, -0.15) is 0 Å². The van der Waals surface area contributed by atoms with E-state index in [1.165, 1.54) is 51.6 Å². The largest absolute Gasteiger partial charge is 0.355 e. The van der Waals surface area contributed by atoms with Gasteiger partial charge in [0.2, 0.25) is 0 Å². The van der Waals surface area contributed by atoms with Crippen molar-refractivity contribution in [3.8, 4) is 0 Å². The molecule has 124 valence electrons. The van der Waals surface area contributed by atoms with E-state index in [4.69, 9.17) is 0 Å². The number of aliphatic imine (C=N–C) groups is 1. The Morgan fingerprint density at radius 2 is 1.67 bits per heavy atom. The molecule has 2 fully saturated rings. The fourth-order valence-corrected chi connectivity index (χ4v) is 3.24. The van der Waals surface area contributed by atoms with Crippen molar-refractivity contribution in [2.24, 2.45) is 10.9 Å². The van der Waals surface area contributed by atoms with Gasteiger partial charge in [0.15, 0.2) is 5.96 Å². The number of hydrogen-bond acceptors (Lipinski definition) is 2. The summed E-state index contributed by atoms with van der Waals surface area (Å²) in [7, 11) is 1.91. The minimum atomic E-state index is 0. The number of likely N-dealkylation sites (tertiary alicyclic amines) is 2. The van der Waals surface area contributed by atoms with Gasteiger partial charge in [-0.3, -0.25) is 4.99 Å². The van der Waals surface area contributed by atoms with Crippen LogP contribution in [0.15, 0.2) is 4.99 Å². The molecule has 2 rings (SSSR count). The van der Waals surface area contributed by atoms with Crippen LogP contribution in [0.2, 0.25) is 0 Å². The Morgan fingerprint density at radius 3 is 2.24 bits per heavy atom. The van der Waals surface area contributed by atoms with Crippen molar-refractivity contribution >= 4 is 29.9 Å². The molecule has 2 heterocycles. The Kier molecular flexibility index (Phi) is 9.64. The molecule has 0 aromatic heterocycles. The minimum Gasteiger partial charge on any atom is -0.355 e. The van der Waals surface area contributed by atoms with Crippen LogP contribution in [-0.4, -0.2) is 62.1 Å². The average molecular weight is 408 g/mol. The number of piperidine rings is 1. The van der Waals surface area contributed by atoms with Crippen molar-refractivity contribution in [3.63, 3.8) is 0 Å². The summed E-state index contributed by atoms with van der Waals surface area (Å²) in [4.78, 5) is 9.47. The maximum Gasteiger partial charge on any atom is 0.193 e. The third-order valence-electron chi connectivity index (χ3n) is 4.70. The highest BCUT2D eigenvalue weighted by atomic mass is 127. The van der Waals surface area contributed by atoms with Crippen molar-refractivity contribution in [3.05, 3.63) is 0 Å². The highest BCUT2D eigenvalue weighted by Crippen LogP contribution is 2.15.